The number of esters is 1. The van der Waals surface area contributed by atoms with Crippen molar-refractivity contribution in [2.75, 3.05) is 19.5 Å². The number of methoxy groups -OCH3 is 1. The van der Waals surface area contributed by atoms with E-state index in [9.17, 15) is 4.79 Å². The van der Waals surface area contributed by atoms with Crippen LogP contribution in [0, 0.1) is 13.8 Å². The molecule has 8 nitrogen and oxygen atoms in total. The molecule has 0 fully saturated rings. The van der Waals surface area contributed by atoms with E-state index in [1.54, 1.807) is 11.8 Å². The van der Waals surface area contributed by atoms with Gasteiger partial charge in [0.15, 0.2) is 0 Å². The molecule has 3 aromatic carbocycles. The maximum atomic E-state index is 13.7. The van der Waals surface area contributed by atoms with Crippen molar-refractivity contribution in [3.05, 3.63) is 93.7 Å². The fourth-order valence-electron chi connectivity index (χ4n) is 6.99. The maximum absolute atomic E-state index is 13.7. The fraction of sp³-hybridized carbons (Fsp3) is 0.342. The van der Waals surface area contributed by atoms with Gasteiger partial charge in [-0.15, -0.1) is 11.8 Å². The van der Waals surface area contributed by atoms with Gasteiger partial charge < -0.3 is 14.0 Å². The Morgan fingerprint density at radius 2 is 1.80 bits per heavy atom. The molecule has 3 aromatic heterocycles. The summed E-state index contributed by atoms with van der Waals surface area (Å²) in [6, 6.07) is 19.0. The summed E-state index contributed by atoms with van der Waals surface area (Å²) in [5, 5.41) is 13.4. The number of rotatable bonds is 2. The van der Waals surface area contributed by atoms with Crippen LogP contribution in [0.25, 0.3) is 32.8 Å². The first kappa shape index (κ1) is 33.6. The molecule has 1 aliphatic rings. The zero-order chi connectivity index (χ0) is 34.2. The quantitative estimate of drug-likeness (QED) is 0.166. The summed E-state index contributed by atoms with van der Waals surface area (Å²) in [5.41, 5.74) is 8.56. The molecule has 254 valence electrons. The summed E-state index contributed by atoms with van der Waals surface area (Å²) < 4.78 is 18.0. The van der Waals surface area contributed by atoms with Crippen molar-refractivity contribution in [1.82, 2.24) is 24.1 Å². The summed E-state index contributed by atoms with van der Waals surface area (Å²) >= 11 is 10.7. The monoisotopic (exact) mass is 713 g/mol. The van der Waals surface area contributed by atoms with Crippen LogP contribution in [0.4, 0.5) is 0 Å². The van der Waals surface area contributed by atoms with E-state index in [0.717, 1.165) is 89.8 Å². The molecule has 0 N–H and O–H groups in total. The molecule has 11 heteroatoms. The highest BCUT2D eigenvalue weighted by molar-refractivity contribution is 7.98. The average molecular weight is 714 g/mol. The third-order valence-electron chi connectivity index (χ3n) is 9.38. The highest BCUT2D eigenvalue weighted by atomic mass is 35.5. The molecule has 0 aliphatic carbocycles. The molecule has 0 saturated heterocycles. The predicted octanol–water partition coefficient (Wildman–Crippen LogP) is 8.93. The van der Waals surface area contributed by atoms with E-state index in [-0.39, 0.29) is 5.97 Å². The van der Waals surface area contributed by atoms with Gasteiger partial charge in [0.1, 0.15) is 11.4 Å². The normalized spacial score (nSPS) is 14.6. The van der Waals surface area contributed by atoms with E-state index in [1.807, 2.05) is 54.3 Å². The third-order valence-corrected chi connectivity index (χ3v) is 11.8. The molecule has 6 bridgehead atoms. The zero-order valence-corrected chi connectivity index (χ0v) is 30.9. The summed E-state index contributed by atoms with van der Waals surface area (Å²) in [7, 11) is 5.42. The lowest BCUT2D eigenvalue weighted by Crippen LogP contribution is -2.14. The number of aromatic nitrogens is 5. The van der Waals surface area contributed by atoms with Gasteiger partial charge in [-0.1, -0.05) is 41.9 Å². The van der Waals surface area contributed by atoms with Crippen molar-refractivity contribution in [1.29, 1.82) is 0 Å². The Balaban J connectivity index is 1.35. The molecule has 0 unspecified atom stereocenters. The van der Waals surface area contributed by atoms with Gasteiger partial charge in [-0.25, -0.2) is 4.79 Å². The van der Waals surface area contributed by atoms with Crippen molar-refractivity contribution in [2.45, 2.75) is 56.1 Å². The van der Waals surface area contributed by atoms with Gasteiger partial charge in [-0.05, 0) is 74.1 Å². The lowest BCUT2D eigenvalue weighted by molar-refractivity contribution is 0.0587. The first-order chi connectivity index (χ1) is 23.7. The number of ether oxygens (including phenoxy) is 2. The standard InChI is InChI=1S/C38H40ClN5O3S2/c1-23-34(24(2)42(3)40-23)35-32(39)14-13-31-30-12-8-16-47-33-20-28(18-25-10-6-7-11-29(25)33)49-22-27-19-26(41-43(27)4)21-48-17-9-15-44(36(31)35)37(30)38(45)46-5/h6-7,10-11,13-14,18-20H,8-9,12,15-17,21-22H2,1-5H3. The van der Waals surface area contributed by atoms with Crippen LogP contribution in [-0.2, 0) is 43.3 Å². The Morgan fingerprint density at radius 3 is 2.59 bits per heavy atom. The first-order valence-corrected chi connectivity index (χ1v) is 19.1. The molecule has 0 spiro atoms. The van der Waals surface area contributed by atoms with Crippen LogP contribution in [0.5, 0.6) is 5.75 Å². The van der Waals surface area contributed by atoms with Gasteiger partial charge in [0, 0.05) is 70.3 Å². The van der Waals surface area contributed by atoms with Crippen LogP contribution in [0.2, 0.25) is 5.02 Å². The molecular weight excluding hydrogens is 674 g/mol. The maximum Gasteiger partial charge on any atom is 0.354 e. The fourth-order valence-corrected chi connectivity index (χ4v) is 9.05. The van der Waals surface area contributed by atoms with Gasteiger partial charge in [0.05, 0.1) is 35.6 Å². The minimum Gasteiger partial charge on any atom is -0.493 e. The topological polar surface area (TPSA) is 76.1 Å². The molecule has 6 aromatic rings. The summed E-state index contributed by atoms with van der Waals surface area (Å²) in [6.45, 7) is 5.21. The molecule has 7 rings (SSSR count). The zero-order valence-electron chi connectivity index (χ0n) is 28.5. The van der Waals surface area contributed by atoms with E-state index in [1.165, 1.54) is 12.8 Å². The van der Waals surface area contributed by atoms with Crippen LogP contribution in [0.3, 0.4) is 0 Å². The van der Waals surface area contributed by atoms with Crippen LogP contribution >= 0.6 is 35.1 Å². The van der Waals surface area contributed by atoms with Crippen molar-refractivity contribution < 1.29 is 14.3 Å². The molecule has 0 amide bonds. The van der Waals surface area contributed by atoms with Crippen molar-refractivity contribution in [3.8, 4) is 16.9 Å². The molecule has 4 heterocycles. The van der Waals surface area contributed by atoms with Crippen LogP contribution in [0.1, 0.15) is 51.7 Å². The smallest absolute Gasteiger partial charge is 0.354 e. The number of nitrogens with zero attached hydrogens (tertiary/aromatic N) is 5. The molecule has 49 heavy (non-hydrogen) atoms. The largest absolute Gasteiger partial charge is 0.493 e. The Kier molecular flexibility index (Phi) is 9.72. The number of fused-ring (bicyclic) bond motifs is 11. The van der Waals surface area contributed by atoms with Crippen molar-refractivity contribution in [2.24, 2.45) is 14.1 Å². The van der Waals surface area contributed by atoms with Gasteiger partial charge in [-0.2, -0.15) is 22.0 Å². The van der Waals surface area contributed by atoms with E-state index in [2.05, 4.69) is 54.0 Å². The van der Waals surface area contributed by atoms with Crippen molar-refractivity contribution in [3.63, 3.8) is 0 Å². The second-order valence-corrected chi connectivity index (χ2v) is 15.1. The Labute approximate surface area is 300 Å². The van der Waals surface area contributed by atoms with Gasteiger partial charge in [0.2, 0.25) is 0 Å². The Bertz CT molecular complexity index is 2200. The number of carbonyl (C=O) groups is 1. The number of aryl methyl sites for hydroxylation is 5. The average Bonchev–Trinajstić information content (AvgIpc) is 3.69. The number of hydrogen-bond acceptors (Lipinski definition) is 7. The summed E-state index contributed by atoms with van der Waals surface area (Å²) in [6.07, 6.45) is 2.21. The van der Waals surface area contributed by atoms with Crippen LogP contribution in [0.15, 0.2) is 59.5 Å². The summed E-state index contributed by atoms with van der Waals surface area (Å²) in [5.74, 6) is 3.07. The number of hydrogen-bond donors (Lipinski definition) is 0. The predicted molar refractivity (Wildman–Crippen MR) is 201 cm³/mol. The SMILES string of the molecule is COC(=O)c1c2c3ccc(Cl)c(-c4c(C)nn(C)c4C)c3n1CCCSCc1cc(n(C)n1)CSc1cc(c3ccccc3c1)OCCC2. The molecule has 0 saturated carbocycles. The third kappa shape index (κ3) is 6.46. The second-order valence-electron chi connectivity index (χ2n) is 12.5. The van der Waals surface area contributed by atoms with Gasteiger partial charge in [0.25, 0.3) is 0 Å². The first-order valence-electron chi connectivity index (χ1n) is 16.6. The van der Waals surface area contributed by atoms with E-state index < -0.39 is 0 Å². The minimum absolute atomic E-state index is 0.347. The second kappa shape index (κ2) is 14.2. The van der Waals surface area contributed by atoms with Gasteiger partial charge >= 0.3 is 5.97 Å². The number of halogens is 1. The molecule has 0 atom stereocenters. The van der Waals surface area contributed by atoms with E-state index >= 15 is 0 Å². The number of carbonyl (C=O) groups excluding carboxylic acids is 1. The number of benzene rings is 3. The number of thioether (sulfide) groups is 2. The van der Waals surface area contributed by atoms with Crippen molar-refractivity contribution >= 4 is 62.8 Å². The highest BCUT2D eigenvalue weighted by Crippen LogP contribution is 2.42. The minimum atomic E-state index is -0.347. The van der Waals surface area contributed by atoms with Crippen LogP contribution in [-0.4, -0.2) is 49.6 Å². The lowest BCUT2D eigenvalue weighted by atomic mass is 9.98. The van der Waals surface area contributed by atoms with E-state index in [4.69, 9.17) is 31.3 Å². The van der Waals surface area contributed by atoms with Gasteiger partial charge in [-0.3, -0.25) is 9.36 Å². The summed E-state index contributed by atoms with van der Waals surface area (Å²) in [4.78, 5) is 14.9. The molecule has 1 aliphatic heterocycles. The lowest BCUT2D eigenvalue weighted by Gasteiger charge is -2.14. The van der Waals surface area contributed by atoms with Crippen LogP contribution < -0.4 is 4.74 Å². The molecular formula is C38H40ClN5O3S2. The highest BCUT2D eigenvalue weighted by Gasteiger charge is 2.28. The molecule has 0 radical (unpaired) electrons. The Morgan fingerprint density at radius 1 is 0.959 bits per heavy atom. The Hall–Kier alpha value is -3.86. The van der Waals surface area contributed by atoms with E-state index in [0.29, 0.717) is 36.7 Å².